The molecule has 8 heteroatoms. The predicted octanol–water partition coefficient (Wildman–Crippen LogP) is 3.82. The van der Waals surface area contributed by atoms with Crippen LogP contribution in [0.2, 0.25) is 5.02 Å². The van der Waals surface area contributed by atoms with E-state index in [1.54, 1.807) is 12.3 Å². The first kappa shape index (κ1) is 22.0. The number of amides is 1. The number of hydrogen-bond donors (Lipinski definition) is 3. The highest BCUT2D eigenvalue weighted by atomic mass is 35.5. The molecule has 166 valence electrons. The molecule has 0 aliphatic carbocycles. The number of nitrogens with zero attached hydrogens (tertiary/aromatic N) is 2. The number of nitrogens with one attached hydrogen (secondary N) is 3. The summed E-state index contributed by atoms with van der Waals surface area (Å²) >= 11 is 6.43. The summed E-state index contributed by atoms with van der Waals surface area (Å²) in [5.74, 6) is 2.32. The van der Waals surface area contributed by atoms with Crippen molar-refractivity contribution in [3.63, 3.8) is 0 Å². The van der Waals surface area contributed by atoms with Gasteiger partial charge < -0.3 is 20.7 Å². The van der Waals surface area contributed by atoms with Crippen LogP contribution in [0.15, 0.2) is 30.5 Å². The van der Waals surface area contributed by atoms with Crippen molar-refractivity contribution in [2.45, 2.75) is 26.2 Å². The molecule has 2 aliphatic rings. The smallest absolute Gasteiger partial charge is 0.229 e. The number of rotatable bonds is 6. The Labute approximate surface area is 188 Å². The highest BCUT2D eigenvalue weighted by Gasteiger charge is 2.25. The lowest BCUT2D eigenvalue weighted by atomic mass is 9.91. The molecular weight excluding hydrogens is 414 g/mol. The van der Waals surface area contributed by atoms with Crippen LogP contribution in [0.3, 0.4) is 0 Å². The van der Waals surface area contributed by atoms with Gasteiger partial charge in [0.15, 0.2) is 0 Å². The van der Waals surface area contributed by atoms with Gasteiger partial charge in [0.1, 0.15) is 11.6 Å². The van der Waals surface area contributed by atoms with Crippen molar-refractivity contribution in [2.75, 3.05) is 43.5 Å². The monoisotopic (exact) mass is 443 g/mol. The second kappa shape index (κ2) is 10.4. The van der Waals surface area contributed by atoms with Crippen LogP contribution in [0.4, 0.5) is 11.6 Å². The van der Waals surface area contributed by atoms with E-state index in [1.807, 2.05) is 18.2 Å². The van der Waals surface area contributed by atoms with Crippen molar-refractivity contribution in [3.05, 3.63) is 35.5 Å². The fourth-order valence-electron chi connectivity index (χ4n) is 4.17. The topological polar surface area (TPSA) is 88.2 Å². The van der Waals surface area contributed by atoms with Gasteiger partial charge in [0.2, 0.25) is 5.91 Å². The average Bonchev–Trinajstić information content (AvgIpc) is 2.80. The number of carbonyl (C=O) groups excluding carboxylic acids is 1. The highest BCUT2D eigenvalue weighted by molar-refractivity contribution is 6.33. The standard InChI is InChI=1S/C23H30ClN5O2/c1-15-9-17(13-25-11-15)23(30)29-22-10-18(19(24)14-27-22)20-3-2-4-21(28-20)26-12-16-5-7-31-8-6-16/h2-4,10,14-17,25H,5-9,11-13H2,1H3,(H,26,28)(H,27,29,30)/t15-,17-/m0/s1. The molecule has 2 aliphatic heterocycles. The highest BCUT2D eigenvalue weighted by Crippen LogP contribution is 2.29. The SMILES string of the molecule is C[C@@H]1CNC[C@@H](C(=O)Nc2cc(-c3cccc(NCC4CCOCC4)n3)c(Cl)cn2)C1. The number of carbonyl (C=O) groups is 1. The zero-order chi connectivity index (χ0) is 21.6. The lowest BCUT2D eigenvalue weighted by Gasteiger charge is -2.26. The van der Waals surface area contributed by atoms with Crippen molar-refractivity contribution >= 4 is 29.1 Å². The fraction of sp³-hybridized carbons (Fsp3) is 0.522. The van der Waals surface area contributed by atoms with Gasteiger partial charge in [-0.1, -0.05) is 24.6 Å². The number of hydrogen-bond acceptors (Lipinski definition) is 6. The van der Waals surface area contributed by atoms with Crippen molar-refractivity contribution in [1.29, 1.82) is 0 Å². The molecule has 0 aromatic carbocycles. The first-order valence-electron chi connectivity index (χ1n) is 11.0. The predicted molar refractivity (Wildman–Crippen MR) is 123 cm³/mol. The maximum atomic E-state index is 12.7. The largest absolute Gasteiger partial charge is 0.381 e. The normalized spacial score (nSPS) is 22.1. The molecule has 0 radical (unpaired) electrons. The van der Waals surface area contributed by atoms with Gasteiger partial charge in [-0.15, -0.1) is 0 Å². The van der Waals surface area contributed by atoms with Crippen LogP contribution in [0.5, 0.6) is 0 Å². The molecule has 0 unspecified atom stereocenters. The van der Waals surface area contributed by atoms with Crippen LogP contribution >= 0.6 is 11.6 Å². The molecule has 2 aromatic heterocycles. The Balaban J connectivity index is 1.44. The number of halogens is 1. The molecule has 2 atom stereocenters. The number of piperidine rings is 1. The zero-order valence-corrected chi connectivity index (χ0v) is 18.6. The Morgan fingerprint density at radius 3 is 2.90 bits per heavy atom. The summed E-state index contributed by atoms with van der Waals surface area (Å²) in [5, 5.41) is 10.2. The van der Waals surface area contributed by atoms with Gasteiger partial charge >= 0.3 is 0 Å². The minimum Gasteiger partial charge on any atom is -0.381 e. The van der Waals surface area contributed by atoms with E-state index in [0.29, 0.717) is 29.2 Å². The molecule has 31 heavy (non-hydrogen) atoms. The average molecular weight is 444 g/mol. The Kier molecular flexibility index (Phi) is 7.37. The van der Waals surface area contributed by atoms with E-state index in [9.17, 15) is 4.79 Å². The van der Waals surface area contributed by atoms with Crippen molar-refractivity contribution in [1.82, 2.24) is 15.3 Å². The number of ether oxygens (including phenoxy) is 1. The van der Waals surface area contributed by atoms with Gasteiger partial charge in [-0.3, -0.25) is 4.79 Å². The zero-order valence-electron chi connectivity index (χ0n) is 17.9. The third kappa shape index (κ3) is 5.93. The first-order valence-corrected chi connectivity index (χ1v) is 11.4. The van der Waals surface area contributed by atoms with Gasteiger partial charge in [-0.05, 0) is 55.8 Å². The summed E-state index contributed by atoms with van der Waals surface area (Å²) in [6.07, 6.45) is 4.59. The van der Waals surface area contributed by atoms with Crippen LogP contribution < -0.4 is 16.0 Å². The van der Waals surface area contributed by atoms with Gasteiger partial charge in [0, 0.05) is 38.1 Å². The summed E-state index contributed by atoms with van der Waals surface area (Å²) in [5.41, 5.74) is 1.49. The van der Waals surface area contributed by atoms with Crippen LogP contribution in [0.25, 0.3) is 11.3 Å². The second-order valence-corrected chi connectivity index (χ2v) is 8.99. The van der Waals surface area contributed by atoms with Crippen molar-refractivity contribution < 1.29 is 9.53 Å². The number of anilines is 2. The molecule has 1 amide bonds. The Morgan fingerprint density at radius 1 is 1.26 bits per heavy atom. The third-order valence-corrected chi connectivity index (χ3v) is 6.29. The Bertz CT molecular complexity index is 903. The summed E-state index contributed by atoms with van der Waals surface area (Å²) < 4.78 is 5.43. The summed E-state index contributed by atoms with van der Waals surface area (Å²) in [7, 11) is 0. The van der Waals surface area contributed by atoms with Crippen molar-refractivity contribution in [3.8, 4) is 11.3 Å². The molecule has 2 aromatic rings. The maximum absolute atomic E-state index is 12.7. The van der Waals surface area contributed by atoms with E-state index < -0.39 is 0 Å². The minimum absolute atomic E-state index is 0.0142. The summed E-state index contributed by atoms with van der Waals surface area (Å²) in [6.45, 7) is 6.34. The molecule has 4 heterocycles. The van der Waals surface area contributed by atoms with E-state index in [0.717, 1.165) is 62.6 Å². The molecule has 0 spiro atoms. The lowest BCUT2D eigenvalue weighted by molar-refractivity contribution is -0.120. The van der Waals surface area contributed by atoms with Crippen LogP contribution in [0, 0.1) is 17.8 Å². The Hall–Kier alpha value is -2.22. The Morgan fingerprint density at radius 2 is 2.10 bits per heavy atom. The van der Waals surface area contributed by atoms with E-state index >= 15 is 0 Å². The quantitative estimate of drug-likeness (QED) is 0.629. The van der Waals surface area contributed by atoms with Gasteiger partial charge in [-0.2, -0.15) is 0 Å². The first-order chi connectivity index (χ1) is 15.1. The number of pyridine rings is 2. The molecule has 0 bridgehead atoms. The fourth-order valence-corrected chi connectivity index (χ4v) is 4.37. The molecule has 4 rings (SSSR count). The van der Waals surface area contributed by atoms with Crippen molar-refractivity contribution in [2.24, 2.45) is 17.8 Å². The van der Waals surface area contributed by atoms with E-state index in [-0.39, 0.29) is 11.8 Å². The summed E-state index contributed by atoms with van der Waals surface area (Å²) in [6, 6.07) is 7.63. The molecular formula is C23H30ClN5O2. The van der Waals surface area contributed by atoms with Gasteiger partial charge in [0.05, 0.1) is 16.6 Å². The number of aromatic nitrogens is 2. The van der Waals surface area contributed by atoms with E-state index in [1.165, 1.54) is 0 Å². The molecule has 3 N–H and O–H groups in total. The molecule has 7 nitrogen and oxygen atoms in total. The van der Waals surface area contributed by atoms with Gasteiger partial charge in [0.25, 0.3) is 0 Å². The maximum Gasteiger partial charge on any atom is 0.229 e. The van der Waals surface area contributed by atoms with E-state index in [2.05, 4.69) is 27.9 Å². The molecule has 2 saturated heterocycles. The lowest BCUT2D eigenvalue weighted by Crippen LogP contribution is -2.41. The molecule has 0 saturated carbocycles. The van der Waals surface area contributed by atoms with E-state index in [4.69, 9.17) is 21.3 Å². The van der Waals surface area contributed by atoms with Crippen LogP contribution in [-0.2, 0) is 9.53 Å². The summed E-state index contributed by atoms with van der Waals surface area (Å²) in [4.78, 5) is 21.7. The van der Waals surface area contributed by atoms with Crippen LogP contribution in [0.1, 0.15) is 26.2 Å². The van der Waals surface area contributed by atoms with Gasteiger partial charge in [-0.25, -0.2) is 9.97 Å². The third-order valence-electron chi connectivity index (χ3n) is 5.99. The minimum atomic E-state index is -0.0551. The molecule has 2 fully saturated rings. The van der Waals surface area contributed by atoms with Crippen LogP contribution in [-0.4, -0.2) is 48.7 Å². The second-order valence-electron chi connectivity index (χ2n) is 8.58.